The molecule has 3 N–H and O–H groups in total. The maximum atomic E-state index is 13.0. The predicted octanol–water partition coefficient (Wildman–Crippen LogP) is 1.52. The van der Waals surface area contributed by atoms with Crippen molar-refractivity contribution in [2.75, 3.05) is 12.3 Å². The van der Waals surface area contributed by atoms with Crippen LogP contribution in [0.1, 0.15) is 5.76 Å². The van der Waals surface area contributed by atoms with Gasteiger partial charge in [-0.2, -0.15) is 0 Å². The standard InChI is InChI=1S/C12H13FN2O3S/c13-11-4-3-10(8-12(11)14)19(16,17)15-6-5-9-2-1-7-18-9/h1-4,7-8,15H,5-6,14H2. The molecule has 5 nitrogen and oxygen atoms in total. The Kier molecular flexibility index (Phi) is 3.87. The van der Waals surface area contributed by atoms with E-state index in [1.165, 1.54) is 12.3 Å². The summed E-state index contributed by atoms with van der Waals surface area (Å²) in [5, 5.41) is 0. The van der Waals surface area contributed by atoms with Gasteiger partial charge in [0.05, 0.1) is 16.8 Å². The van der Waals surface area contributed by atoms with Crippen molar-refractivity contribution in [3.05, 3.63) is 48.2 Å². The van der Waals surface area contributed by atoms with Gasteiger partial charge in [0.1, 0.15) is 11.6 Å². The van der Waals surface area contributed by atoms with Crippen LogP contribution in [0.5, 0.6) is 0 Å². The van der Waals surface area contributed by atoms with Crippen molar-refractivity contribution in [1.82, 2.24) is 4.72 Å². The summed E-state index contributed by atoms with van der Waals surface area (Å²) in [6.45, 7) is 0.188. The first kappa shape index (κ1) is 13.6. The van der Waals surface area contributed by atoms with Gasteiger partial charge >= 0.3 is 0 Å². The summed E-state index contributed by atoms with van der Waals surface area (Å²) in [5.74, 6) is 0.0378. The lowest BCUT2D eigenvalue weighted by molar-refractivity contribution is 0.506. The van der Waals surface area contributed by atoms with Crippen molar-refractivity contribution in [3.63, 3.8) is 0 Å². The van der Waals surface area contributed by atoms with E-state index in [-0.39, 0.29) is 17.1 Å². The van der Waals surface area contributed by atoms with Crippen LogP contribution in [0.3, 0.4) is 0 Å². The number of nitrogens with one attached hydrogen (secondary N) is 1. The van der Waals surface area contributed by atoms with Crippen molar-refractivity contribution < 1.29 is 17.2 Å². The lowest BCUT2D eigenvalue weighted by Gasteiger charge is -2.07. The molecule has 102 valence electrons. The Morgan fingerprint density at radius 3 is 2.74 bits per heavy atom. The summed E-state index contributed by atoms with van der Waals surface area (Å²) >= 11 is 0. The molecule has 0 atom stereocenters. The zero-order valence-electron chi connectivity index (χ0n) is 9.97. The molecule has 0 fully saturated rings. The van der Waals surface area contributed by atoms with E-state index in [9.17, 15) is 12.8 Å². The number of hydrogen-bond acceptors (Lipinski definition) is 4. The number of halogens is 1. The van der Waals surface area contributed by atoms with E-state index in [4.69, 9.17) is 10.2 Å². The topological polar surface area (TPSA) is 85.3 Å². The summed E-state index contributed by atoms with van der Waals surface area (Å²) in [7, 11) is -3.69. The number of hydrogen-bond donors (Lipinski definition) is 2. The molecule has 19 heavy (non-hydrogen) atoms. The number of furan rings is 1. The van der Waals surface area contributed by atoms with Crippen LogP contribution in [0.25, 0.3) is 0 Å². The second-order valence-corrected chi connectivity index (χ2v) is 5.68. The Hall–Kier alpha value is -1.86. The molecule has 0 amide bonds. The van der Waals surface area contributed by atoms with Crippen LogP contribution in [0.15, 0.2) is 45.9 Å². The second-order valence-electron chi connectivity index (χ2n) is 3.91. The number of benzene rings is 1. The molecule has 0 bridgehead atoms. The number of nitrogen functional groups attached to an aromatic ring is 1. The Bertz CT molecular complexity index is 654. The van der Waals surface area contributed by atoms with E-state index in [2.05, 4.69) is 4.72 Å². The number of nitrogens with two attached hydrogens (primary N) is 1. The monoisotopic (exact) mass is 284 g/mol. The van der Waals surface area contributed by atoms with Gasteiger partial charge in [-0.05, 0) is 30.3 Å². The van der Waals surface area contributed by atoms with Crippen LogP contribution in [0.2, 0.25) is 0 Å². The van der Waals surface area contributed by atoms with Gasteiger partial charge in [0.25, 0.3) is 0 Å². The molecule has 0 spiro atoms. The number of sulfonamides is 1. The second kappa shape index (κ2) is 5.41. The first-order valence-corrected chi connectivity index (χ1v) is 7.04. The molecule has 1 aromatic heterocycles. The molecule has 0 aliphatic rings. The van der Waals surface area contributed by atoms with Crippen LogP contribution in [0, 0.1) is 5.82 Å². The lowest BCUT2D eigenvalue weighted by atomic mass is 10.3. The molecule has 1 heterocycles. The van der Waals surface area contributed by atoms with Crippen LogP contribution < -0.4 is 10.5 Å². The van der Waals surface area contributed by atoms with Crippen molar-refractivity contribution in [2.24, 2.45) is 0 Å². The minimum atomic E-state index is -3.69. The summed E-state index contributed by atoms with van der Waals surface area (Å²) in [5.41, 5.74) is 5.14. The van der Waals surface area contributed by atoms with E-state index >= 15 is 0 Å². The highest BCUT2D eigenvalue weighted by molar-refractivity contribution is 7.89. The van der Waals surface area contributed by atoms with E-state index in [1.807, 2.05) is 0 Å². The summed E-state index contributed by atoms with van der Waals surface area (Å²) < 4.78 is 44.3. The smallest absolute Gasteiger partial charge is 0.240 e. The van der Waals surface area contributed by atoms with Crippen LogP contribution in [-0.4, -0.2) is 15.0 Å². The van der Waals surface area contributed by atoms with Crippen molar-refractivity contribution >= 4 is 15.7 Å². The van der Waals surface area contributed by atoms with Gasteiger partial charge in [-0.25, -0.2) is 17.5 Å². The molecule has 7 heteroatoms. The van der Waals surface area contributed by atoms with Gasteiger partial charge in [-0.1, -0.05) is 0 Å². The molecule has 1 aromatic carbocycles. The van der Waals surface area contributed by atoms with Gasteiger partial charge < -0.3 is 10.2 Å². The third-order valence-electron chi connectivity index (χ3n) is 2.52. The quantitative estimate of drug-likeness (QED) is 0.815. The summed E-state index contributed by atoms with van der Waals surface area (Å²) in [6, 6.07) is 6.76. The highest BCUT2D eigenvalue weighted by Gasteiger charge is 2.15. The molecule has 2 aromatic rings. The number of anilines is 1. The van der Waals surface area contributed by atoms with Crippen LogP contribution in [0.4, 0.5) is 10.1 Å². The Labute approximate surface area is 110 Å². The SMILES string of the molecule is Nc1cc(S(=O)(=O)NCCc2ccco2)ccc1F. The first-order valence-electron chi connectivity index (χ1n) is 5.56. The highest BCUT2D eigenvalue weighted by atomic mass is 32.2. The van der Waals surface area contributed by atoms with Gasteiger partial charge in [0.2, 0.25) is 10.0 Å². The molecule has 0 saturated heterocycles. The largest absolute Gasteiger partial charge is 0.469 e. The van der Waals surface area contributed by atoms with Gasteiger partial charge in [-0.15, -0.1) is 0 Å². The third kappa shape index (κ3) is 3.33. The van der Waals surface area contributed by atoms with Gasteiger partial charge in [0.15, 0.2) is 0 Å². The summed E-state index contributed by atoms with van der Waals surface area (Å²) in [4.78, 5) is -0.0640. The van der Waals surface area contributed by atoms with Crippen molar-refractivity contribution in [3.8, 4) is 0 Å². The lowest BCUT2D eigenvalue weighted by Crippen LogP contribution is -2.26. The average molecular weight is 284 g/mol. The number of rotatable bonds is 5. The maximum Gasteiger partial charge on any atom is 0.240 e. The first-order chi connectivity index (χ1) is 8.99. The molecule has 2 rings (SSSR count). The fourth-order valence-electron chi connectivity index (χ4n) is 1.54. The fraction of sp³-hybridized carbons (Fsp3) is 0.167. The molecule has 0 aliphatic heterocycles. The minimum absolute atomic E-state index is 0.0640. The maximum absolute atomic E-state index is 13.0. The Balaban J connectivity index is 2.03. The zero-order chi connectivity index (χ0) is 13.9. The van der Waals surface area contributed by atoms with Crippen molar-refractivity contribution in [2.45, 2.75) is 11.3 Å². The van der Waals surface area contributed by atoms with E-state index < -0.39 is 15.8 Å². The fourth-order valence-corrected chi connectivity index (χ4v) is 2.60. The van der Waals surface area contributed by atoms with E-state index in [0.717, 1.165) is 12.1 Å². The Morgan fingerprint density at radius 2 is 2.11 bits per heavy atom. The summed E-state index contributed by atoms with van der Waals surface area (Å²) in [6.07, 6.45) is 1.95. The molecule has 0 radical (unpaired) electrons. The molecule has 0 unspecified atom stereocenters. The molecule has 0 aliphatic carbocycles. The third-order valence-corrected chi connectivity index (χ3v) is 3.98. The molecule has 0 saturated carbocycles. The van der Waals surface area contributed by atoms with Gasteiger partial charge in [0, 0.05) is 13.0 Å². The van der Waals surface area contributed by atoms with E-state index in [0.29, 0.717) is 12.2 Å². The van der Waals surface area contributed by atoms with Crippen LogP contribution >= 0.6 is 0 Å². The average Bonchev–Trinajstić information content (AvgIpc) is 2.85. The Morgan fingerprint density at radius 1 is 1.32 bits per heavy atom. The molecular weight excluding hydrogens is 271 g/mol. The normalized spacial score (nSPS) is 11.6. The van der Waals surface area contributed by atoms with Gasteiger partial charge in [-0.3, -0.25) is 0 Å². The molecular formula is C12H13FN2O3S. The minimum Gasteiger partial charge on any atom is -0.469 e. The zero-order valence-corrected chi connectivity index (χ0v) is 10.8. The van der Waals surface area contributed by atoms with E-state index in [1.54, 1.807) is 12.1 Å². The van der Waals surface area contributed by atoms with Crippen molar-refractivity contribution in [1.29, 1.82) is 0 Å². The van der Waals surface area contributed by atoms with Crippen LogP contribution in [-0.2, 0) is 16.4 Å². The predicted molar refractivity (Wildman–Crippen MR) is 68.4 cm³/mol. The highest BCUT2D eigenvalue weighted by Crippen LogP contribution is 2.16.